The topological polar surface area (TPSA) is 33.5 Å². The van der Waals surface area contributed by atoms with Gasteiger partial charge in [0.05, 0.1) is 12.1 Å². The number of rotatable bonds is 4. The predicted octanol–water partition coefficient (Wildman–Crippen LogP) is 4.09. The van der Waals surface area contributed by atoms with Gasteiger partial charge in [0.25, 0.3) is 5.91 Å². The molecule has 1 aromatic heterocycles. The van der Waals surface area contributed by atoms with Gasteiger partial charge in [0.15, 0.2) is 0 Å². The summed E-state index contributed by atoms with van der Waals surface area (Å²) in [5, 5.41) is 0. The van der Waals surface area contributed by atoms with E-state index in [2.05, 4.69) is 0 Å². The highest BCUT2D eigenvalue weighted by molar-refractivity contribution is 5.94. The van der Waals surface area contributed by atoms with E-state index in [1.54, 1.807) is 24.0 Å². The Bertz CT molecular complexity index is 646. The molecular weight excluding hydrogens is 269 g/mol. The molecule has 0 aliphatic carbocycles. The summed E-state index contributed by atoms with van der Waals surface area (Å²) in [6.07, 6.45) is 0. The van der Waals surface area contributed by atoms with Crippen molar-refractivity contribution < 1.29 is 13.6 Å². The molecule has 112 valence electrons. The normalized spacial score (nSPS) is 11.0. The average Bonchev–Trinajstić information content (AvgIpc) is 2.84. The van der Waals surface area contributed by atoms with Crippen LogP contribution < -0.4 is 0 Å². The number of nitrogens with zero attached hydrogens (tertiary/aromatic N) is 1. The van der Waals surface area contributed by atoms with E-state index >= 15 is 0 Å². The molecule has 0 bridgehead atoms. The van der Waals surface area contributed by atoms with E-state index in [9.17, 15) is 9.18 Å². The third kappa shape index (κ3) is 3.32. The zero-order valence-electron chi connectivity index (χ0n) is 12.8. The second-order valence-electron chi connectivity index (χ2n) is 5.48. The van der Waals surface area contributed by atoms with E-state index in [4.69, 9.17) is 4.42 Å². The standard InChI is InChI=1S/C17H20FNO2/c1-11(2)19(10-14-9-8-13(4)21-14)17(20)15-7-5-6-12(3)16(15)18/h5-9,11H,10H2,1-4H3. The monoisotopic (exact) mass is 289 g/mol. The Morgan fingerprint density at radius 1 is 1.24 bits per heavy atom. The number of carbonyl (C=O) groups excluding carboxylic acids is 1. The lowest BCUT2D eigenvalue weighted by atomic mass is 10.1. The lowest BCUT2D eigenvalue weighted by molar-refractivity contribution is 0.0670. The maximum Gasteiger partial charge on any atom is 0.257 e. The zero-order valence-corrected chi connectivity index (χ0v) is 12.8. The Balaban J connectivity index is 2.29. The van der Waals surface area contributed by atoms with Crippen molar-refractivity contribution >= 4 is 5.91 Å². The average molecular weight is 289 g/mol. The molecule has 3 nitrogen and oxygen atoms in total. The molecule has 0 radical (unpaired) electrons. The molecule has 0 N–H and O–H groups in total. The van der Waals surface area contributed by atoms with Crippen LogP contribution in [0.5, 0.6) is 0 Å². The third-order valence-corrected chi connectivity index (χ3v) is 3.43. The maximum absolute atomic E-state index is 14.1. The molecule has 0 atom stereocenters. The first-order valence-electron chi connectivity index (χ1n) is 7.01. The first-order valence-corrected chi connectivity index (χ1v) is 7.01. The second kappa shape index (κ2) is 6.12. The third-order valence-electron chi connectivity index (χ3n) is 3.43. The molecule has 4 heteroatoms. The van der Waals surface area contributed by atoms with Gasteiger partial charge in [-0.25, -0.2) is 4.39 Å². The summed E-state index contributed by atoms with van der Waals surface area (Å²) in [6, 6.07) is 8.51. The van der Waals surface area contributed by atoms with Gasteiger partial charge in [0.2, 0.25) is 0 Å². The summed E-state index contributed by atoms with van der Waals surface area (Å²) in [7, 11) is 0. The Morgan fingerprint density at radius 3 is 2.52 bits per heavy atom. The van der Waals surface area contributed by atoms with Gasteiger partial charge in [0.1, 0.15) is 17.3 Å². The highest BCUT2D eigenvalue weighted by atomic mass is 19.1. The molecule has 0 saturated carbocycles. The van der Waals surface area contributed by atoms with Crippen LogP contribution in [0.1, 0.15) is 41.3 Å². The fourth-order valence-electron chi connectivity index (χ4n) is 2.19. The first kappa shape index (κ1) is 15.3. The van der Waals surface area contributed by atoms with E-state index in [0.717, 1.165) is 5.76 Å². The Kier molecular flexibility index (Phi) is 4.46. The van der Waals surface area contributed by atoms with Crippen LogP contribution >= 0.6 is 0 Å². The fourth-order valence-corrected chi connectivity index (χ4v) is 2.19. The van der Waals surface area contributed by atoms with E-state index in [-0.39, 0.29) is 17.5 Å². The number of halogens is 1. The van der Waals surface area contributed by atoms with Crippen LogP contribution in [0.4, 0.5) is 4.39 Å². The lowest BCUT2D eigenvalue weighted by Gasteiger charge is -2.26. The lowest BCUT2D eigenvalue weighted by Crippen LogP contribution is -2.36. The molecule has 1 amide bonds. The smallest absolute Gasteiger partial charge is 0.257 e. The van der Waals surface area contributed by atoms with E-state index in [1.807, 2.05) is 32.9 Å². The SMILES string of the molecule is Cc1ccc(CN(C(=O)c2cccc(C)c2F)C(C)C)o1. The molecule has 0 saturated heterocycles. The summed E-state index contributed by atoms with van der Waals surface area (Å²) < 4.78 is 19.7. The number of hydrogen-bond acceptors (Lipinski definition) is 2. The molecular formula is C17H20FNO2. The van der Waals surface area contributed by atoms with Crippen molar-refractivity contribution in [2.75, 3.05) is 0 Å². The zero-order chi connectivity index (χ0) is 15.6. The van der Waals surface area contributed by atoms with Gasteiger partial charge in [-0.05, 0) is 51.5 Å². The minimum Gasteiger partial charge on any atom is -0.464 e. The first-order chi connectivity index (χ1) is 9.90. The minimum absolute atomic E-state index is 0.0529. The van der Waals surface area contributed by atoms with Crippen molar-refractivity contribution in [3.8, 4) is 0 Å². The molecule has 0 unspecified atom stereocenters. The summed E-state index contributed by atoms with van der Waals surface area (Å²) in [5.74, 6) is 0.717. The second-order valence-corrected chi connectivity index (χ2v) is 5.48. The largest absolute Gasteiger partial charge is 0.464 e. The molecule has 0 aliphatic rings. The highest BCUT2D eigenvalue weighted by Gasteiger charge is 2.23. The van der Waals surface area contributed by atoms with E-state index < -0.39 is 5.82 Å². The van der Waals surface area contributed by atoms with Crippen molar-refractivity contribution in [3.63, 3.8) is 0 Å². The Hall–Kier alpha value is -2.10. The fraction of sp³-hybridized carbons (Fsp3) is 0.353. The molecule has 0 fully saturated rings. The van der Waals surface area contributed by atoms with Crippen LogP contribution in [0.3, 0.4) is 0 Å². The Morgan fingerprint density at radius 2 is 1.95 bits per heavy atom. The molecule has 1 aromatic carbocycles. The summed E-state index contributed by atoms with van der Waals surface area (Å²) in [4.78, 5) is 14.2. The number of carbonyl (C=O) groups is 1. The number of amides is 1. The van der Waals surface area contributed by atoms with Gasteiger partial charge in [-0.15, -0.1) is 0 Å². The number of aryl methyl sites for hydroxylation is 2. The number of benzene rings is 1. The summed E-state index contributed by atoms with van der Waals surface area (Å²) >= 11 is 0. The van der Waals surface area contributed by atoms with Crippen LogP contribution in [0.15, 0.2) is 34.7 Å². The van der Waals surface area contributed by atoms with Crippen LogP contribution in [0, 0.1) is 19.7 Å². The van der Waals surface area contributed by atoms with Crippen molar-refractivity contribution in [2.45, 2.75) is 40.3 Å². The van der Waals surface area contributed by atoms with Gasteiger partial charge in [0, 0.05) is 6.04 Å². The molecule has 0 spiro atoms. The van der Waals surface area contributed by atoms with Gasteiger partial charge in [-0.1, -0.05) is 12.1 Å². The number of furan rings is 1. The van der Waals surface area contributed by atoms with Crippen molar-refractivity contribution in [3.05, 3.63) is 58.8 Å². The number of hydrogen-bond donors (Lipinski definition) is 0. The minimum atomic E-state index is -0.455. The van der Waals surface area contributed by atoms with Crippen molar-refractivity contribution in [1.29, 1.82) is 0 Å². The Labute approximate surface area is 124 Å². The van der Waals surface area contributed by atoms with Crippen LogP contribution in [0.25, 0.3) is 0 Å². The predicted molar refractivity (Wildman–Crippen MR) is 79.6 cm³/mol. The van der Waals surface area contributed by atoms with Crippen LogP contribution in [0.2, 0.25) is 0 Å². The van der Waals surface area contributed by atoms with Crippen LogP contribution in [-0.2, 0) is 6.54 Å². The summed E-state index contributed by atoms with van der Waals surface area (Å²) in [5.41, 5.74) is 0.574. The van der Waals surface area contributed by atoms with E-state index in [1.165, 1.54) is 6.07 Å². The molecule has 2 rings (SSSR count). The molecule has 2 aromatic rings. The summed E-state index contributed by atoms with van der Waals surface area (Å²) in [6.45, 7) is 7.65. The van der Waals surface area contributed by atoms with Crippen molar-refractivity contribution in [2.24, 2.45) is 0 Å². The molecule has 0 aliphatic heterocycles. The van der Waals surface area contributed by atoms with Gasteiger partial charge in [-0.2, -0.15) is 0 Å². The van der Waals surface area contributed by atoms with Gasteiger partial charge < -0.3 is 9.32 Å². The van der Waals surface area contributed by atoms with Gasteiger partial charge >= 0.3 is 0 Å². The van der Waals surface area contributed by atoms with Gasteiger partial charge in [-0.3, -0.25) is 4.79 Å². The molecule has 21 heavy (non-hydrogen) atoms. The molecule has 1 heterocycles. The highest BCUT2D eigenvalue weighted by Crippen LogP contribution is 2.18. The maximum atomic E-state index is 14.1. The van der Waals surface area contributed by atoms with Crippen LogP contribution in [-0.4, -0.2) is 16.8 Å². The van der Waals surface area contributed by atoms with Crippen molar-refractivity contribution in [1.82, 2.24) is 4.90 Å². The quantitative estimate of drug-likeness (QED) is 0.849. The van der Waals surface area contributed by atoms with E-state index in [0.29, 0.717) is 17.9 Å².